The van der Waals surface area contributed by atoms with Crippen LogP contribution < -0.4 is 15.8 Å². The van der Waals surface area contributed by atoms with Crippen molar-refractivity contribution in [2.45, 2.75) is 26.3 Å². The van der Waals surface area contributed by atoms with Gasteiger partial charge in [0, 0.05) is 29.5 Å². The SMILES string of the molecule is CC1CCN(c2ccc(NC(=O)Cn3cnc4ccc(Cl)cc4c3=O)cc2)CC1. The van der Waals surface area contributed by atoms with Crippen LogP contribution in [-0.4, -0.2) is 28.5 Å². The molecule has 1 fully saturated rings. The Balaban J connectivity index is 1.43. The lowest BCUT2D eigenvalue weighted by Gasteiger charge is -2.32. The van der Waals surface area contributed by atoms with Gasteiger partial charge in [0.2, 0.25) is 5.91 Å². The topological polar surface area (TPSA) is 67.2 Å². The van der Waals surface area contributed by atoms with E-state index in [-0.39, 0.29) is 18.0 Å². The number of hydrogen-bond donors (Lipinski definition) is 1. The van der Waals surface area contributed by atoms with Crippen molar-refractivity contribution in [3.05, 3.63) is 64.2 Å². The molecular weight excluding hydrogens is 388 g/mol. The lowest BCUT2D eigenvalue weighted by atomic mass is 9.99. The number of benzene rings is 2. The molecule has 1 amide bonds. The van der Waals surface area contributed by atoms with Crippen molar-refractivity contribution >= 4 is 39.8 Å². The van der Waals surface area contributed by atoms with Crippen LogP contribution in [0.25, 0.3) is 10.9 Å². The van der Waals surface area contributed by atoms with Gasteiger partial charge in [-0.25, -0.2) is 4.98 Å². The molecule has 0 saturated carbocycles. The first-order chi connectivity index (χ1) is 14.0. The number of hydrogen-bond acceptors (Lipinski definition) is 4. The Morgan fingerprint density at radius 3 is 2.62 bits per heavy atom. The van der Waals surface area contributed by atoms with Gasteiger partial charge in [-0.1, -0.05) is 18.5 Å². The second-order valence-electron chi connectivity index (χ2n) is 7.60. The fourth-order valence-electron chi connectivity index (χ4n) is 3.62. The molecular formula is C22H23ClN4O2. The van der Waals surface area contributed by atoms with Crippen LogP contribution in [0.1, 0.15) is 19.8 Å². The molecule has 0 atom stereocenters. The number of aromatic nitrogens is 2. The third kappa shape index (κ3) is 4.43. The van der Waals surface area contributed by atoms with Gasteiger partial charge < -0.3 is 10.2 Å². The molecule has 0 aliphatic carbocycles. The molecule has 4 rings (SSSR count). The number of fused-ring (bicyclic) bond motifs is 1. The maximum atomic E-state index is 12.6. The van der Waals surface area contributed by atoms with Gasteiger partial charge in [0.25, 0.3) is 5.56 Å². The summed E-state index contributed by atoms with van der Waals surface area (Å²) < 4.78 is 1.29. The van der Waals surface area contributed by atoms with Crippen LogP contribution in [0.5, 0.6) is 0 Å². The highest BCUT2D eigenvalue weighted by atomic mass is 35.5. The molecule has 1 aliphatic heterocycles. The van der Waals surface area contributed by atoms with E-state index in [0.717, 1.165) is 19.0 Å². The van der Waals surface area contributed by atoms with E-state index in [1.165, 1.54) is 29.4 Å². The van der Waals surface area contributed by atoms with Gasteiger partial charge in [-0.15, -0.1) is 0 Å². The number of nitrogens with zero attached hydrogens (tertiary/aromatic N) is 3. The van der Waals surface area contributed by atoms with Gasteiger partial charge in [-0.05, 0) is 61.2 Å². The van der Waals surface area contributed by atoms with Gasteiger partial charge in [-0.3, -0.25) is 14.2 Å². The molecule has 0 radical (unpaired) electrons. The number of rotatable bonds is 4. The number of carbonyl (C=O) groups excluding carboxylic acids is 1. The summed E-state index contributed by atoms with van der Waals surface area (Å²) in [6.45, 7) is 4.31. The summed E-state index contributed by atoms with van der Waals surface area (Å²) in [7, 11) is 0. The number of anilines is 2. The minimum Gasteiger partial charge on any atom is -0.372 e. The second kappa shape index (κ2) is 8.25. The van der Waals surface area contributed by atoms with Crippen molar-refractivity contribution in [1.29, 1.82) is 0 Å². The van der Waals surface area contributed by atoms with Gasteiger partial charge in [-0.2, -0.15) is 0 Å². The van der Waals surface area contributed by atoms with Gasteiger partial charge in [0.1, 0.15) is 6.54 Å². The summed E-state index contributed by atoms with van der Waals surface area (Å²) >= 11 is 5.97. The fourth-order valence-corrected chi connectivity index (χ4v) is 3.79. The molecule has 6 nitrogen and oxygen atoms in total. The van der Waals surface area contributed by atoms with Crippen molar-refractivity contribution in [2.75, 3.05) is 23.3 Å². The zero-order valence-electron chi connectivity index (χ0n) is 16.3. The molecule has 0 unspecified atom stereocenters. The van der Waals surface area contributed by atoms with Crippen molar-refractivity contribution in [3.8, 4) is 0 Å². The summed E-state index contributed by atoms with van der Waals surface area (Å²) in [5, 5.41) is 3.70. The van der Waals surface area contributed by atoms with Crippen LogP contribution in [0.15, 0.2) is 53.6 Å². The Bertz CT molecular complexity index is 1090. The zero-order chi connectivity index (χ0) is 20.4. The average molecular weight is 411 g/mol. The highest BCUT2D eigenvalue weighted by molar-refractivity contribution is 6.31. The van der Waals surface area contributed by atoms with Crippen LogP contribution in [0.4, 0.5) is 11.4 Å². The first kappa shape index (κ1) is 19.5. The van der Waals surface area contributed by atoms with Crippen molar-refractivity contribution in [2.24, 2.45) is 5.92 Å². The van der Waals surface area contributed by atoms with Crippen molar-refractivity contribution in [3.63, 3.8) is 0 Å². The molecule has 3 aromatic rings. The van der Waals surface area contributed by atoms with E-state index in [4.69, 9.17) is 11.6 Å². The van der Waals surface area contributed by atoms with Crippen LogP contribution in [0, 0.1) is 5.92 Å². The van der Waals surface area contributed by atoms with Crippen LogP contribution in [-0.2, 0) is 11.3 Å². The number of amides is 1. The van der Waals surface area contributed by atoms with Crippen molar-refractivity contribution < 1.29 is 4.79 Å². The normalized spacial score (nSPS) is 14.9. The maximum absolute atomic E-state index is 12.6. The molecule has 1 saturated heterocycles. The van der Waals surface area contributed by atoms with E-state index < -0.39 is 0 Å². The van der Waals surface area contributed by atoms with Gasteiger partial charge >= 0.3 is 0 Å². The molecule has 150 valence electrons. The number of nitrogens with one attached hydrogen (secondary N) is 1. The molecule has 1 aromatic heterocycles. The molecule has 1 aliphatic rings. The maximum Gasteiger partial charge on any atom is 0.261 e. The quantitative estimate of drug-likeness (QED) is 0.707. The molecule has 0 bridgehead atoms. The molecule has 29 heavy (non-hydrogen) atoms. The summed E-state index contributed by atoms with van der Waals surface area (Å²) in [5.41, 5.74) is 2.14. The summed E-state index contributed by atoms with van der Waals surface area (Å²) in [4.78, 5) is 31.6. The monoisotopic (exact) mass is 410 g/mol. The Kier molecular flexibility index (Phi) is 5.53. The third-order valence-electron chi connectivity index (χ3n) is 5.40. The molecule has 0 spiro atoms. The van der Waals surface area contributed by atoms with E-state index >= 15 is 0 Å². The highest BCUT2D eigenvalue weighted by Gasteiger charge is 2.16. The fraction of sp³-hybridized carbons (Fsp3) is 0.318. The van der Waals surface area contributed by atoms with E-state index in [2.05, 4.69) is 22.1 Å². The lowest BCUT2D eigenvalue weighted by molar-refractivity contribution is -0.116. The highest BCUT2D eigenvalue weighted by Crippen LogP contribution is 2.24. The predicted molar refractivity (Wildman–Crippen MR) is 117 cm³/mol. The van der Waals surface area contributed by atoms with E-state index in [0.29, 0.717) is 21.6 Å². The Morgan fingerprint density at radius 1 is 1.17 bits per heavy atom. The van der Waals surface area contributed by atoms with E-state index in [1.54, 1.807) is 18.2 Å². The van der Waals surface area contributed by atoms with Crippen LogP contribution >= 0.6 is 11.6 Å². The largest absolute Gasteiger partial charge is 0.372 e. The first-order valence-electron chi connectivity index (χ1n) is 9.79. The van der Waals surface area contributed by atoms with E-state index in [9.17, 15) is 9.59 Å². The minimum absolute atomic E-state index is 0.111. The first-order valence-corrected chi connectivity index (χ1v) is 10.2. The third-order valence-corrected chi connectivity index (χ3v) is 5.63. The smallest absolute Gasteiger partial charge is 0.261 e. The predicted octanol–water partition coefficient (Wildman–Crippen LogP) is 3.92. The zero-order valence-corrected chi connectivity index (χ0v) is 17.0. The second-order valence-corrected chi connectivity index (χ2v) is 8.04. The number of piperidine rings is 1. The Hall–Kier alpha value is -2.86. The Morgan fingerprint density at radius 2 is 1.90 bits per heavy atom. The van der Waals surface area contributed by atoms with E-state index in [1.807, 2.05) is 24.3 Å². The van der Waals surface area contributed by atoms with Crippen molar-refractivity contribution in [1.82, 2.24) is 9.55 Å². The standard InChI is InChI=1S/C22H23ClN4O2/c1-15-8-10-26(11-9-15)18-5-3-17(4-6-18)25-21(28)13-27-14-24-20-7-2-16(23)12-19(20)22(27)29/h2-7,12,14-15H,8-11,13H2,1H3,(H,25,28). The molecule has 1 N–H and O–H groups in total. The van der Waals surface area contributed by atoms with Crippen LogP contribution in [0.2, 0.25) is 5.02 Å². The van der Waals surface area contributed by atoms with Crippen LogP contribution in [0.3, 0.4) is 0 Å². The Labute approximate surface area is 174 Å². The molecule has 7 heteroatoms. The average Bonchev–Trinajstić information content (AvgIpc) is 2.72. The number of halogens is 1. The number of carbonyl (C=O) groups is 1. The van der Waals surface area contributed by atoms with Gasteiger partial charge in [0.15, 0.2) is 0 Å². The summed E-state index contributed by atoms with van der Waals surface area (Å²) in [6.07, 6.45) is 3.80. The lowest BCUT2D eigenvalue weighted by Crippen LogP contribution is -2.32. The summed E-state index contributed by atoms with van der Waals surface area (Å²) in [5.74, 6) is 0.503. The van der Waals surface area contributed by atoms with Gasteiger partial charge in [0.05, 0.1) is 17.2 Å². The minimum atomic E-state index is -0.290. The molecule has 2 aromatic carbocycles. The molecule has 2 heterocycles. The summed E-state index contributed by atoms with van der Waals surface area (Å²) in [6, 6.07) is 12.8.